The Morgan fingerprint density at radius 2 is 1.41 bits per heavy atom. The average Bonchev–Trinajstić information content (AvgIpc) is 2.61. The highest BCUT2D eigenvalue weighted by Crippen LogP contribution is 2.16. The van der Waals surface area contributed by atoms with Crippen LogP contribution in [0.3, 0.4) is 0 Å². The van der Waals surface area contributed by atoms with Gasteiger partial charge < -0.3 is 23.8 Å². The number of carbonyl (C=O) groups is 2. The third-order valence-electron chi connectivity index (χ3n) is 3.53. The molecule has 0 N–H and O–H groups in total. The Hall–Kier alpha value is -2.38. The van der Waals surface area contributed by atoms with Gasteiger partial charge in [-0.05, 0) is 45.4 Å². The van der Waals surface area contributed by atoms with Crippen molar-refractivity contribution in [2.75, 3.05) is 31.2 Å². The van der Waals surface area contributed by atoms with Crippen LogP contribution in [0.5, 0.6) is 0 Å². The van der Waals surface area contributed by atoms with Crippen molar-refractivity contribution < 1.29 is 28.5 Å². The van der Waals surface area contributed by atoms with Crippen LogP contribution in [0, 0.1) is 0 Å². The quantitative estimate of drug-likeness (QED) is 0.408. The van der Waals surface area contributed by atoms with Crippen LogP contribution in [0.15, 0.2) is 30.8 Å². The molecule has 1 rings (SSSR count). The first-order chi connectivity index (χ1) is 12.9. The molecule has 7 heteroatoms. The SMILES string of the molecule is C=Cc1ccc(N(CC(=O)OC(C)OCC)CC(=O)OC(C)OCC)cc1. The molecule has 0 amide bonds. The van der Waals surface area contributed by atoms with E-state index < -0.39 is 24.5 Å². The Balaban J connectivity index is 2.83. The molecule has 1 aromatic carbocycles. The summed E-state index contributed by atoms with van der Waals surface area (Å²) in [5.74, 6) is -1.01. The van der Waals surface area contributed by atoms with Crippen LogP contribution in [-0.2, 0) is 28.5 Å². The van der Waals surface area contributed by atoms with Crippen LogP contribution in [0.25, 0.3) is 6.08 Å². The maximum absolute atomic E-state index is 12.2. The van der Waals surface area contributed by atoms with Crippen LogP contribution in [-0.4, -0.2) is 50.8 Å². The molecule has 2 unspecified atom stereocenters. The second-order valence-corrected chi connectivity index (χ2v) is 5.68. The van der Waals surface area contributed by atoms with E-state index in [9.17, 15) is 9.59 Å². The van der Waals surface area contributed by atoms with Gasteiger partial charge in [0.25, 0.3) is 0 Å². The lowest BCUT2D eigenvalue weighted by Crippen LogP contribution is -2.38. The Bertz CT molecular complexity index is 573. The zero-order valence-corrected chi connectivity index (χ0v) is 16.5. The summed E-state index contributed by atoms with van der Waals surface area (Å²) in [6, 6.07) is 7.29. The molecule has 0 aliphatic rings. The van der Waals surface area contributed by atoms with E-state index in [1.807, 2.05) is 26.0 Å². The fourth-order valence-electron chi connectivity index (χ4n) is 2.35. The van der Waals surface area contributed by atoms with Crippen LogP contribution in [0.1, 0.15) is 33.3 Å². The van der Waals surface area contributed by atoms with Crippen molar-refractivity contribution >= 4 is 23.7 Å². The van der Waals surface area contributed by atoms with Crippen molar-refractivity contribution in [2.45, 2.75) is 40.3 Å². The lowest BCUT2D eigenvalue weighted by atomic mass is 10.2. The average molecular weight is 379 g/mol. The summed E-state index contributed by atoms with van der Waals surface area (Å²) in [5.41, 5.74) is 1.61. The third kappa shape index (κ3) is 8.70. The summed E-state index contributed by atoms with van der Waals surface area (Å²) in [6.45, 7) is 11.2. The van der Waals surface area contributed by atoms with Crippen molar-refractivity contribution in [3.63, 3.8) is 0 Å². The molecule has 0 bridgehead atoms. The van der Waals surface area contributed by atoms with E-state index in [2.05, 4.69) is 6.58 Å². The first-order valence-electron chi connectivity index (χ1n) is 8.99. The monoisotopic (exact) mass is 379 g/mol. The van der Waals surface area contributed by atoms with Gasteiger partial charge in [-0.15, -0.1) is 0 Å². The first kappa shape index (κ1) is 22.7. The van der Waals surface area contributed by atoms with Crippen molar-refractivity contribution in [1.29, 1.82) is 0 Å². The molecule has 0 heterocycles. The summed E-state index contributed by atoms with van der Waals surface area (Å²) in [6.07, 6.45) is 0.402. The van der Waals surface area contributed by atoms with Crippen molar-refractivity contribution in [3.8, 4) is 0 Å². The Kier molecular flexibility index (Phi) is 10.1. The first-order valence-corrected chi connectivity index (χ1v) is 8.99. The number of anilines is 1. The lowest BCUT2D eigenvalue weighted by Gasteiger charge is -2.24. The van der Waals surface area contributed by atoms with E-state index in [-0.39, 0.29) is 13.1 Å². The van der Waals surface area contributed by atoms with E-state index in [0.29, 0.717) is 18.9 Å². The van der Waals surface area contributed by atoms with Crippen molar-refractivity contribution in [2.24, 2.45) is 0 Å². The van der Waals surface area contributed by atoms with Crippen LogP contribution in [0.4, 0.5) is 5.69 Å². The van der Waals surface area contributed by atoms with Crippen molar-refractivity contribution in [1.82, 2.24) is 0 Å². The second kappa shape index (κ2) is 12.1. The number of hydrogen-bond donors (Lipinski definition) is 0. The number of hydrogen-bond acceptors (Lipinski definition) is 7. The summed E-state index contributed by atoms with van der Waals surface area (Å²) < 4.78 is 20.8. The molecule has 7 nitrogen and oxygen atoms in total. The number of esters is 2. The Labute approximate surface area is 160 Å². The van der Waals surface area contributed by atoms with E-state index in [1.54, 1.807) is 37.0 Å². The number of carbonyl (C=O) groups excluding carboxylic acids is 2. The topological polar surface area (TPSA) is 74.3 Å². The number of ether oxygens (including phenoxy) is 4. The van der Waals surface area contributed by atoms with Gasteiger partial charge in [0, 0.05) is 18.9 Å². The van der Waals surface area contributed by atoms with Gasteiger partial charge in [0.05, 0.1) is 0 Å². The molecule has 0 spiro atoms. The predicted molar refractivity (Wildman–Crippen MR) is 103 cm³/mol. The number of rotatable bonds is 12. The zero-order valence-electron chi connectivity index (χ0n) is 16.5. The maximum atomic E-state index is 12.2. The smallest absolute Gasteiger partial charge is 0.327 e. The normalized spacial score (nSPS) is 12.7. The molecular formula is C20H29NO6. The number of benzene rings is 1. The van der Waals surface area contributed by atoms with Gasteiger partial charge in [0.1, 0.15) is 13.1 Å². The van der Waals surface area contributed by atoms with Crippen LogP contribution >= 0.6 is 0 Å². The van der Waals surface area contributed by atoms with Gasteiger partial charge in [-0.3, -0.25) is 9.59 Å². The van der Waals surface area contributed by atoms with Gasteiger partial charge in [-0.1, -0.05) is 24.8 Å². The maximum Gasteiger partial charge on any atom is 0.327 e. The fraction of sp³-hybridized carbons (Fsp3) is 0.500. The zero-order chi connectivity index (χ0) is 20.2. The standard InChI is InChI=1S/C20H29NO6/c1-6-17-9-11-18(12-10-17)21(13-19(22)26-15(4)24-7-2)14-20(23)27-16(5)25-8-3/h6,9-12,15-16H,1,7-8,13-14H2,2-5H3. The molecule has 0 aromatic heterocycles. The largest absolute Gasteiger partial charge is 0.435 e. The molecular weight excluding hydrogens is 350 g/mol. The lowest BCUT2D eigenvalue weighted by molar-refractivity contribution is -0.172. The van der Waals surface area contributed by atoms with E-state index >= 15 is 0 Å². The minimum Gasteiger partial charge on any atom is -0.435 e. The van der Waals surface area contributed by atoms with Crippen LogP contribution in [0.2, 0.25) is 0 Å². The number of nitrogens with zero attached hydrogens (tertiary/aromatic N) is 1. The molecule has 0 aliphatic carbocycles. The van der Waals surface area contributed by atoms with Gasteiger partial charge in [0.15, 0.2) is 12.6 Å². The van der Waals surface area contributed by atoms with Crippen molar-refractivity contribution in [3.05, 3.63) is 36.4 Å². The third-order valence-corrected chi connectivity index (χ3v) is 3.53. The van der Waals surface area contributed by atoms with E-state index in [0.717, 1.165) is 5.56 Å². The highest BCUT2D eigenvalue weighted by atomic mass is 16.7. The Morgan fingerprint density at radius 1 is 0.963 bits per heavy atom. The minimum absolute atomic E-state index is 0.122. The predicted octanol–water partition coefficient (Wildman–Crippen LogP) is 2.99. The minimum atomic E-state index is -0.655. The Morgan fingerprint density at radius 3 is 1.78 bits per heavy atom. The molecule has 0 saturated carbocycles. The van der Waals surface area contributed by atoms with E-state index in [4.69, 9.17) is 18.9 Å². The molecule has 0 saturated heterocycles. The highest BCUT2D eigenvalue weighted by molar-refractivity contribution is 5.81. The summed E-state index contributed by atoms with van der Waals surface area (Å²) in [7, 11) is 0. The fourth-order valence-corrected chi connectivity index (χ4v) is 2.35. The molecule has 150 valence electrons. The van der Waals surface area contributed by atoms with Gasteiger partial charge in [0.2, 0.25) is 0 Å². The molecule has 2 atom stereocenters. The highest BCUT2D eigenvalue weighted by Gasteiger charge is 2.20. The second-order valence-electron chi connectivity index (χ2n) is 5.68. The molecule has 1 aromatic rings. The summed E-state index contributed by atoms with van der Waals surface area (Å²) >= 11 is 0. The molecule has 0 aliphatic heterocycles. The molecule has 27 heavy (non-hydrogen) atoms. The van der Waals surface area contributed by atoms with Gasteiger partial charge in [-0.25, -0.2) is 0 Å². The molecule has 0 fully saturated rings. The van der Waals surface area contributed by atoms with Gasteiger partial charge >= 0.3 is 11.9 Å². The molecule has 0 radical (unpaired) electrons. The van der Waals surface area contributed by atoms with Crippen LogP contribution < -0.4 is 4.90 Å². The van der Waals surface area contributed by atoms with E-state index in [1.165, 1.54) is 0 Å². The summed E-state index contributed by atoms with van der Waals surface area (Å²) in [5, 5.41) is 0. The van der Waals surface area contributed by atoms with Gasteiger partial charge in [-0.2, -0.15) is 0 Å². The summed E-state index contributed by atoms with van der Waals surface area (Å²) in [4.78, 5) is 26.0.